The number of benzene rings is 3. The molecule has 11 heteroatoms. The van der Waals surface area contributed by atoms with Crippen molar-refractivity contribution in [2.45, 2.75) is 93.9 Å². The Kier molecular flexibility index (Phi) is 16.2. The summed E-state index contributed by atoms with van der Waals surface area (Å²) in [6.45, 7) is 14.1. The van der Waals surface area contributed by atoms with Gasteiger partial charge in [0.05, 0.1) is 36.0 Å². The van der Waals surface area contributed by atoms with Gasteiger partial charge >= 0.3 is 23.9 Å². The second-order valence-corrected chi connectivity index (χ2v) is 15.8. The van der Waals surface area contributed by atoms with Crippen LogP contribution in [0.1, 0.15) is 87.6 Å². The van der Waals surface area contributed by atoms with Crippen LogP contribution in [0.5, 0.6) is 0 Å². The van der Waals surface area contributed by atoms with Crippen LogP contribution >= 0.6 is 0 Å². The summed E-state index contributed by atoms with van der Waals surface area (Å²) in [7, 11) is 1.23. The molecule has 0 aliphatic heterocycles. The zero-order valence-corrected chi connectivity index (χ0v) is 34.5. The van der Waals surface area contributed by atoms with Crippen molar-refractivity contribution < 1.29 is 43.2 Å². The fraction of sp³-hybridized carbons (Fsp3) is 0.489. The summed E-state index contributed by atoms with van der Waals surface area (Å²) in [5.74, 6) is -2.19. The van der Waals surface area contributed by atoms with Gasteiger partial charge in [-0.25, -0.2) is 0 Å². The van der Waals surface area contributed by atoms with Crippen LogP contribution < -0.4 is 4.90 Å². The summed E-state index contributed by atoms with van der Waals surface area (Å²) in [4.78, 5) is 53.0. The Bertz CT molecular complexity index is 1880. The van der Waals surface area contributed by atoms with E-state index < -0.39 is 40.1 Å². The molecule has 0 radical (unpaired) electrons. The summed E-state index contributed by atoms with van der Waals surface area (Å²) in [6, 6.07) is 23.2. The van der Waals surface area contributed by atoms with Crippen LogP contribution in [0.2, 0.25) is 0 Å². The number of esters is 4. The highest BCUT2D eigenvalue weighted by molar-refractivity contribution is 5.81. The molecular weight excluding hydrogens is 713 g/mol. The van der Waals surface area contributed by atoms with Gasteiger partial charge < -0.3 is 29.0 Å². The number of aryl methyl sites for hydroxylation is 5. The van der Waals surface area contributed by atoms with Crippen molar-refractivity contribution in [1.29, 1.82) is 5.26 Å². The van der Waals surface area contributed by atoms with Gasteiger partial charge in [0.25, 0.3) is 0 Å². The molecule has 0 aliphatic rings. The molecular formula is C45H58N2O9. The molecule has 3 aromatic rings. The van der Waals surface area contributed by atoms with Crippen molar-refractivity contribution >= 4 is 40.9 Å². The highest BCUT2D eigenvalue weighted by atomic mass is 16.6. The molecule has 0 aromatic heterocycles. The topological polar surface area (TPSA) is 152 Å². The van der Waals surface area contributed by atoms with Gasteiger partial charge in [0.15, 0.2) is 0 Å². The van der Waals surface area contributed by atoms with E-state index in [1.54, 1.807) is 27.7 Å². The molecule has 0 amide bonds. The molecule has 3 aromatic carbocycles. The SMILES string of the molecule is COC(=O)C(C)(CC(C)(C#N)CCC(=O)OCCOC(=O)CCc1ccc(N(c2ccc(C)c(C)c2)c2ccc(C)cc2C)cc1)CC(C)(C)C(=O)OCCO. The van der Waals surface area contributed by atoms with E-state index in [9.17, 15) is 24.4 Å². The van der Waals surface area contributed by atoms with Gasteiger partial charge in [-0.1, -0.05) is 35.9 Å². The van der Waals surface area contributed by atoms with Gasteiger partial charge in [-0.2, -0.15) is 5.26 Å². The van der Waals surface area contributed by atoms with E-state index in [1.165, 1.54) is 23.8 Å². The summed E-state index contributed by atoms with van der Waals surface area (Å²) in [5, 5.41) is 19.1. The average Bonchev–Trinajstić information content (AvgIpc) is 3.16. The molecule has 0 bridgehead atoms. The first-order valence-corrected chi connectivity index (χ1v) is 19.0. The van der Waals surface area contributed by atoms with Gasteiger partial charge in [0.2, 0.25) is 0 Å². The predicted molar refractivity (Wildman–Crippen MR) is 214 cm³/mol. The Morgan fingerprint density at radius 1 is 0.714 bits per heavy atom. The molecule has 2 atom stereocenters. The summed E-state index contributed by atoms with van der Waals surface area (Å²) in [6.07, 6.45) is 0.610. The number of carbonyl (C=O) groups excluding carboxylic acids is 4. The van der Waals surface area contributed by atoms with Gasteiger partial charge in [-0.05, 0) is 134 Å². The van der Waals surface area contributed by atoms with Gasteiger partial charge in [0.1, 0.15) is 19.8 Å². The molecule has 11 nitrogen and oxygen atoms in total. The van der Waals surface area contributed by atoms with E-state index in [-0.39, 0.29) is 58.5 Å². The number of aliphatic hydroxyl groups is 1. The van der Waals surface area contributed by atoms with E-state index in [1.807, 2.05) is 12.1 Å². The first kappa shape index (κ1) is 45.2. The number of hydrogen-bond donors (Lipinski definition) is 1. The first-order chi connectivity index (χ1) is 26.4. The van der Waals surface area contributed by atoms with Crippen molar-refractivity contribution in [3.05, 3.63) is 88.5 Å². The predicted octanol–water partition coefficient (Wildman–Crippen LogP) is 8.24. The van der Waals surface area contributed by atoms with Gasteiger partial charge in [0, 0.05) is 29.9 Å². The Morgan fingerprint density at radius 3 is 1.91 bits per heavy atom. The largest absolute Gasteiger partial charge is 0.469 e. The minimum Gasteiger partial charge on any atom is -0.469 e. The van der Waals surface area contributed by atoms with E-state index in [4.69, 9.17) is 24.1 Å². The van der Waals surface area contributed by atoms with Crippen molar-refractivity contribution in [2.24, 2.45) is 16.2 Å². The maximum absolute atomic E-state index is 13.0. The van der Waals surface area contributed by atoms with Crippen LogP contribution in [0.3, 0.4) is 0 Å². The number of nitrogens with zero attached hydrogens (tertiary/aromatic N) is 2. The lowest BCUT2D eigenvalue weighted by Crippen LogP contribution is -2.41. The molecule has 0 aliphatic carbocycles. The molecule has 1 N–H and O–H groups in total. The maximum atomic E-state index is 13.0. The van der Waals surface area contributed by atoms with Crippen molar-refractivity contribution in [3.63, 3.8) is 0 Å². The van der Waals surface area contributed by atoms with Crippen molar-refractivity contribution in [1.82, 2.24) is 0 Å². The van der Waals surface area contributed by atoms with Crippen LogP contribution in [0.25, 0.3) is 0 Å². The minimum atomic E-state index is -1.26. The fourth-order valence-electron chi connectivity index (χ4n) is 7.12. The molecule has 302 valence electrons. The Morgan fingerprint density at radius 2 is 1.34 bits per heavy atom. The lowest BCUT2D eigenvalue weighted by molar-refractivity contribution is -0.163. The molecule has 0 heterocycles. The van der Waals surface area contributed by atoms with Crippen LogP contribution in [-0.4, -0.2) is 62.5 Å². The van der Waals surface area contributed by atoms with Crippen LogP contribution in [-0.2, 0) is 44.5 Å². The smallest absolute Gasteiger partial charge is 0.311 e. The quantitative estimate of drug-likeness (QED) is 0.0672. The number of carbonyl (C=O) groups is 4. The number of rotatable bonds is 20. The number of anilines is 3. The highest BCUT2D eigenvalue weighted by Gasteiger charge is 2.47. The fourth-order valence-corrected chi connectivity index (χ4v) is 7.12. The van der Waals surface area contributed by atoms with E-state index in [2.05, 4.69) is 87.2 Å². The minimum absolute atomic E-state index is 0.00458. The van der Waals surface area contributed by atoms with Crippen LogP contribution in [0.15, 0.2) is 60.7 Å². The lowest BCUT2D eigenvalue weighted by atomic mass is 9.65. The Balaban J connectivity index is 1.51. The standard InChI is InChI=1S/C45H58N2O9/c1-31-10-18-38(34(4)26-31)47(37-15-11-32(2)33(3)27-37)36-16-12-35(13-17-36)14-19-39(49)54-24-25-55-40(50)20-21-44(7,30-46)29-45(8,42(52)53-9)28-43(5,6)41(51)56-23-22-48/h10-13,15-18,26-27,48H,14,19-25,28-29H2,1-9H3. The van der Waals surface area contributed by atoms with Crippen molar-refractivity contribution in [2.75, 3.05) is 38.4 Å². The summed E-state index contributed by atoms with van der Waals surface area (Å²) >= 11 is 0. The first-order valence-electron chi connectivity index (χ1n) is 19.0. The van der Waals surface area contributed by atoms with Crippen LogP contribution in [0.4, 0.5) is 17.1 Å². The van der Waals surface area contributed by atoms with Crippen molar-refractivity contribution in [3.8, 4) is 6.07 Å². The van der Waals surface area contributed by atoms with Gasteiger partial charge in [-0.3, -0.25) is 19.2 Å². The zero-order chi connectivity index (χ0) is 41.7. The zero-order valence-electron chi connectivity index (χ0n) is 34.5. The molecule has 2 unspecified atom stereocenters. The van der Waals surface area contributed by atoms with E-state index in [0.29, 0.717) is 6.42 Å². The number of aliphatic hydroxyl groups excluding tert-OH is 1. The third-order valence-electron chi connectivity index (χ3n) is 10.1. The molecule has 0 saturated carbocycles. The molecule has 56 heavy (non-hydrogen) atoms. The van der Waals surface area contributed by atoms with E-state index in [0.717, 1.165) is 28.2 Å². The summed E-state index contributed by atoms with van der Waals surface area (Å²) in [5.41, 5.74) is 5.40. The molecule has 3 rings (SSSR count). The summed E-state index contributed by atoms with van der Waals surface area (Å²) < 4.78 is 20.7. The van der Waals surface area contributed by atoms with E-state index >= 15 is 0 Å². The Labute approximate surface area is 331 Å². The number of hydrogen-bond acceptors (Lipinski definition) is 11. The monoisotopic (exact) mass is 770 g/mol. The van der Waals surface area contributed by atoms with Gasteiger partial charge in [-0.15, -0.1) is 0 Å². The third kappa shape index (κ3) is 12.7. The maximum Gasteiger partial charge on any atom is 0.311 e. The lowest BCUT2D eigenvalue weighted by Gasteiger charge is -2.38. The number of methoxy groups -OCH3 is 1. The molecule has 0 saturated heterocycles. The highest BCUT2D eigenvalue weighted by Crippen LogP contribution is 2.45. The molecule has 0 spiro atoms. The second-order valence-electron chi connectivity index (χ2n) is 15.8. The van der Waals surface area contributed by atoms with Crippen LogP contribution in [0, 0.1) is 55.3 Å². The number of nitriles is 1. The normalized spacial score (nSPS) is 13.4. The molecule has 0 fully saturated rings. The third-order valence-corrected chi connectivity index (χ3v) is 10.1. The average molecular weight is 771 g/mol. The second kappa shape index (κ2) is 20.1. The number of ether oxygens (including phenoxy) is 4. The Hall–Kier alpha value is -5.21.